The molecule has 1 N–H and O–H groups in total. The van der Waals surface area contributed by atoms with Gasteiger partial charge in [-0.05, 0) is 12.1 Å². The summed E-state index contributed by atoms with van der Waals surface area (Å²) in [5.74, 6) is 2.03. The Morgan fingerprint density at radius 3 is 2.61 bits per heavy atom. The summed E-state index contributed by atoms with van der Waals surface area (Å²) in [7, 11) is 0. The largest absolute Gasteiger partial charge is 0.465 e. The van der Waals surface area contributed by atoms with Crippen molar-refractivity contribution < 1.29 is 23.1 Å². The summed E-state index contributed by atoms with van der Waals surface area (Å²) in [6.07, 6.45) is -1.26. The van der Waals surface area contributed by atoms with Crippen LogP contribution in [0.3, 0.4) is 0 Å². The van der Waals surface area contributed by atoms with Crippen molar-refractivity contribution in [3.8, 4) is 12.3 Å². The molecule has 0 radical (unpaired) electrons. The first kappa shape index (κ1) is 14.1. The molecule has 1 aromatic heterocycles. The third kappa shape index (κ3) is 3.28. The van der Waals surface area contributed by atoms with E-state index in [-0.39, 0.29) is 5.69 Å². The number of aromatic nitrogens is 1. The number of halogens is 4. The molecule has 0 saturated carbocycles. The molecule has 1 amide bonds. The monoisotopic (exact) mass is 278 g/mol. The lowest BCUT2D eigenvalue weighted by atomic mass is 10.3. The molecule has 0 saturated heterocycles. The molecular weight excluding hydrogens is 273 g/mol. The van der Waals surface area contributed by atoms with Crippen molar-refractivity contribution in [2.75, 3.05) is 11.4 Å². The van der Waals surface area contributed by atoms with Gasteiger partial charge in [-0.25, -0.2) is 9.78 Å². The van der Waals surface area contributed by atoms with E-state index < -0.39 is 29.7 Å². The van der Waals surface area contributed by atoms with Crippen molar-refractivity contribution in [3.63, 3.8) is 0 Å². The van der Waals surface area contributed by atoms with Gasteiger partial charge in [-0.3, -0.25) is 4.90 Å². The van der Waals surface area contributed by atoms with E-state index >= 15 is 0 Å². The molecule has 0 spiro atoms. The van der Waals surface area contributed by atoms with Gasteiger partial charge in [-0.15, -0.1) is 6.42 Å². The van der Waals surface area contributed by atoms with Crippen molar-refractivity contribution in [1.82, 2.24) is 4.98 Å². The van der Waals surface area contributed by atoms with Crippen molar-refractivity contribution in [3.05, 3.63) is 23.0 Å². The molecule has 18 heavy (non-hydrogen) atoms. The molecule has 0 unspecified atom stereocenters. The van der Waals surface area contributed by atoms with E-state index in [0.717, 1.165) is 6.07 Å². The Kier molecular flexibility index (Phi) is 4.03. The number of carboxylic acid groups (broad SMARTS) is 1. The topological polar surface area (TPSA) is 53.4 Å². The zero-order valence-corrected chi connectivity index (χ0v) is 9.46. The van der Waals surface area contributed by atoms with Gasteiger partial charge in [0.05, 0.1) is 12.2 Å². The molecule has 0 atom stereocenters. The van der Waals surface area contributed by atoms with Crippen LogP contribution in [0.2, 0.25) is 5.15 Å². The fourth-order valence-corrected chi connectivity index (χ4v) is 1.35. The standard InChI is InChI=1S/C10H6ClF3N2O2/c1-2-3-16(9(17)18)6-4-7(10(12,13)14)15-8(11)5-6/h1,4-5H,3H2,(H,17,18). The number of nitrogens with zero attached hydrogens (tertiary/aromatic N) is 2. The van der Waals surface area contributed by atoms with Crippen LogP contribution in [0.15, 0.2) is 12.1 Å². The third-order valence-corrected chi connectivity index (χ3v) is 2.05. The maximum Gasteiger partial charge on any atom is 0.433 e. The van der Waals surface area contributed by atoms with Crippen molar-refractivity contribution in [2.45, 2.75) is 6.18 Å². The van der Waals surface area contributed by atoms with Crippen LogP contribution in [0.4, 0.5) is 23.7 Å². The first-order valence-corrected chi connectivity index (χ1v) is 4.82. The summed E-state index contributed by atoms with van der Waals surface area (Å²) < 4.78 is 37.4. The third-order valence-electron chi connectivity index (χ3n) is 1.86. The highest BCUT2D eigenvalue weighted by atomic mass is 35.5. The molecule has 0 aliphatic heterocycles. The van der Waals surface area contributed by atoms with Crippen LogP contribution in [0.5, 0.6) is 0 Å². The molecule has 8 heteroatoms. The Morgan fingerprint density at radius 2 is 2.17 bits per heavy atom. The second-order valence-electron chi connectivity index (χ2n) is 3.10. The van der Waals surface area contributed by atoms with Crippen LogP contribution in [-0.2, 0) is 6.18 Å². The van der Waals surface area contributed by atoms with Crippen LogP contribution in [0.1, 0.15) is 5.69 Å². The molecule has 0 aliphatic carbocycles. The highest BCUT2D eigenvalue weighted by Crippen LogP contribution is 2.31. The number of rotatable bonds is 2. The van der Waals surface area contributed by atoms with E-state index in [1.54, 1.807) is 0 Å². The van der Waals surface area contributed by atoms with Crippen molar-refractivity contribution in [2.24, 2.45) is 0 Å². The summed E-state index contributed by atoms with van der Waals surface area (Å²) in [5, 5.41) is 8.36. The first-order valence-electron chi connectivity index (χ1n) is 4.44. The van der Waals surface area contributed by atoms with Gasteiger partial charge in [0, 0.05) is 0 Å². The van der Waals surface area contributed by atoms with Gasteiger partial charge in [0.15, 0.2) is 0 Å². The van der Waals surface area contributed by atoms with Crippen molar-refractivity contribution >= 4 is 23.4 Å². The predicted molar refractivity (Wildman–Crippen MR) is 58.5 cm³/mol. The zero-order valence-electron chi connectivity index (χ0n) is 8.70. The second kappa shape index (κ2) is 5.14. The van der Waals surface area contributed by atoms with Crippen molar-refractivity contribution in [1.29, 1.82) is 0 Å². The molecule has 1 heterocycles. The normalized spacial score (nSPS) is 10.8. The number of amides is 1. The van der Waals surface area contributed by atoms with E-state index in [2.05, 4.69) is 4.98 Å². The summed E-state index contributed by atoms with van der Waals surface area (Å²) in [6, 6.07) is 1.56. The SMILES string of the molecule is C#CCN(C(=O)O)c1cc(Cl)nc(C(F)(F)F)c1. The Bertz CT molecular complexity index is 511. The number of hydrogen-bond donors (Lipinski definition) is 1. The minimum atomic E-state index is -4.72. The van der Waals surface area contributed by atoms with E-state index in [1.165, 1.54) is 0 Å². The Balaban J connectivity index is 3.28. The fraction of sp³-hybridized carbons (Fsp3) is 0.200. The number of terminal acetylenes is 1. The first-order chi connectivity index (χ1) is 8.25. The minimum Gasteiger partial charge on any atom is -0.465 e. The van der Waals surface area contributed by atoms with Gasteiger partial charge in [0.2, 0.25) is 0 Å². The molecule has 0 aliphatic rings. The van der Waals surface area contributed by atoms with Crippen LogP contribution in [0, 0.1) is 12.3 Å². The average molecular weight is 279 g/mol. The quantitative estimate of drug-likeness (QED) is 0.668. The maximum absolute atomic E-state index is 12.5. The van der Waals surface area contributed by atoms with E-state index in [1.807, 2.05) is 5.92 Å². The summed E-state index contributed by atoms with van der Waals surface area (Å²) >= 11 is 5.42. The number of hydrogen-bond acceptors (Lipinski definition) is 2. The van der Waals surface area contributed by atoms with Crippen LogP contribution >= 0.6 is 11.6 Å². The van der Waals surface area contributed by atoms with Gasteiger partial charge in [-0.1, -0.05) is 17.5 Å². The fourth-order valence-electron chi connectivity index (χ4n) is 1.15. The maximum atomic E-state index is 12.5. The second-order valence-corrected chi connectivity index (χ2v) is 3.49. The van der Waals surface area contributed by atoms with E-state index in [9.17, 15) is 18.0 Å². The van der Waals surface area contributed by atoms with Gasteiger partial charge < -0.3 is 5.11 Å². The zero-order chi connectivity index (χ0) is 13.9. The van der Waals surface area contributed by atoms with Crippen LogP contribution < -0.4 is 4.90 Å². The van der Waals surface area contributed by atoms with Gasteiger partial charge >= 0.3 is 12.3 Å². The number of alkyl halides is 3. The molecule has 1 rings (SSSR count). The molecular formula is C10H6ClF3N2O2. The average Bonchev–Trinajstić information content (AvgIpc) is 2.23. The van der Waals surface area contributed by atoms with E-state index in [0.29, 0.717) is 11.0 Å². The highest BCUT2D eigenvalue weighted by molar-refractivity contribution is 6.29. The lowest BCUT2D eigenvalue weighted by Gasteiger charge is -2.17. The molecule has 1 aromatic rings. The van der Waals surface area contributed by atoms with Gasteiger partial charge in [0.25, 0.3) is 0 Å². The number of pyridine rings is 1. The molecule has 0 bridgehead atoms. The Hall–Kier alpha value is -1.94. The van der Waals surface area contributed by atoms with Gasteiger partial charge in [0.1, 0.15) is 10.8 Å². The van der Waals surface area contributed by atoms with Crippen LogP contribution in [0.25, 0.3) is 0 Å². The van der Waals surface area contributed by atoms with Crippen LogP contribution in [-0.4, -0.2) is 22.7 Å². The smallest absolute Gasteiger partial charge is 0.433 e. The Morgan fingerprint density at radius 1 is 1.56 bits per heavy atom. The lowest BCUT2D eigenvalue weighted by Crippen LogP contribution is -2.30. The minimum absolute atomic E-state index is 0.284. The Labute approximate surface area is 105 Å². The molecule has 4 nitrogen and oxygen atoms in total. The predicted octanol–water partition coefficient (Wildman–Crippen LogP) is 2.87. The lowest BCUT2D eigenvalue weighted by molar-refractivity contribution is -0.141. The summed E-state index contributed by atoms with van der Waals surface area (Å²) in [6.45, 7) is -0.396. The van der Waals surface area contributed by atoms with Gasteiger partial charge in [-0.2, -0.15) is 13.2 Å². The number of carbonyl (C=O) groups is 1. The number of anilines is 1. The highest BCUT2D eigenvalue weighted by Gasteiger charge is 2.34. The summed E-state index contributed by atoms with van der Waals surface area (Å²) in [5.41, 5.74) is -1.57. The molecule has 0 aromatic carbocycles. The molecule has 0 fully saturated rings. The summed E-state index contributed by atoms with van der Waals surface area (Å²) in [4.78, 5) is 14.5. The van der Waals surface area contributed by atoms with E-state index in [4.69, 9.17) is 23.1 Å². The molecule has 96 valence electrons.